The normalized spacial score (nSPS) is 14.3. The summed E-state index contributed by atoms with van der Waals surface area (Å²) >= 11 is 0. The second kappa shape index (κ2) is 7.23. The summed E-state index contributed by atoms with van der Waals surface area (Å²) in [5.74, 6) is -0.444. The number of rotatable bonds is 3. The third kappa shape index (κ3) is 3.78. The molecule has 0 radical (unpaired) electrons. The third-order valence-electron chi connectivity index (χ3n) is 3.85. The first-order chi connectivity index (χ1) is 11.6. The number of nitrogens with one attached hydrogen (secondary N) is 1. The Labute approximate surface area is 140 Å². The summed E-state index contributed by atoms with van der Waals surface area (Å²) in [5, 5.41) is 2.82. The van der Waals surface area contributed by atoms with Gasteiger partial charge in [-0.15, -0.1) is 0 Å². The number of ether oxygens (including phenoxy) is 1. The van der Waals surface area contributed by atoms with Crippen molar-refractivity contribution < 1.29 is 14.3 Å². The molecular weight excluding hydrogens is 306 g/mol. The first-order valence-electron chi connectivity index (χ1n) is 7.84. The quantitative estimate of drug-likeness (QED) is 0.938. The lowest BCUT2D eigenvalue weighted by atomic mass is 10.2. The van der Waals surface area contributed by atoms with Gasteiger partial charge in [0.15, 0.2) is 0 Å². The van der Waals surface area contributed by atoms with E-state index in [0.29, 0.717) is 37.6 Å². The summed E-state index contributed by atoms with van der Waals surface area (Å²) in [6.45, 7) is 4.12. The summed E-state index contributed by atoms with van der Waals surface area (Å²) in [5.41, 5.74) is 2.51. The van der Waals surface area contributed by atoms with E-state index in [-0.39, 0.29) is 17.5 Å². The van der Waals surface area contributed by atoms with E-state index in [1.165, 1.54) is 12.3 Å². The van der Waals surface area contributed by atoms with Gasteiger partial charge in [0.05, 0.1) is 13.2 Å². The maximum atomic E-state index is 12.4. The SMILES string of the molecule is Cc1ccc(NC(=O)c2ccnc(C(=O)N3CCOCC3)c2)cc1. The Morgan fingerprint density at radius 3 is 2.54 bits per heavy atom. The van der Waals surface area contributed by atoms with Crippen LogP contribution in [0.1, 0.15) is 26.4 Å². The Morgan fingerprint density at radius 2 is 1.83 bits per heavy atom. The molecule has 0 spiro atoms. The van der Waals surface area contributed by atoms with Gasteiger partial charge in [0.25, 0.3) is 11.8 Å². The monoisotopic (exact) mass is 325 g/mol. The Balaban J connectivity index is 1.73. The summed E-state index contributed by atoms with van der Waals surface area (Å²) in [6.07, 6.45) is 1.48. The minimum absolute atomic E-state index is 0.178. The zero-order chi connectivity index (χ0) is 16.9. The van der Waals surface area contributed by atoms with E-state index in [1.807, 2.05) is 31.2 Å². The fraction of sp³-hybridized carbons (Fsp3) is 0.278. The second-order valence-electron chi connectivity index (χ2n) is 5.65. The molecule has 124 valence electrons. The van der Waals surface area contributed by atoms with Crippen LogP contribution in [0.3, 0.4) is 0 Å². The summed E-state index contributed by atoms with van der Waals surface area (Å²) < 4.78 is 5.24. The molecule has 0 atom stereocenters. The maximum absolute atomic E-state index is 12.4. The lowest BCUT2D eigenvalue weighted by molar-refractivity contribution is 0.0299. The number of morpholine rings is 1. The Hall–Kier alpha value is -2.73. The molecule has 0 saturated carbocycles. The summed E-state index contributed by atoms with van der Waals surface area (Å²) in [6, 6.07) is 10.7. The highest BCUT2D eigenvalue weighted by Gasteiger charge is 2.20. The van der Waals surface area contributed by atoms with Crippen molar-refractivity contribution in [3.63, 3.8) is 0 Å². The fourth-order valence-electron chi connectivity index (χ4n) is 2.46. The average Bonchev–Trinajstić information content (AvgIpc) is 2.64. The molecule has 1 aromatic heterocycles. The Kier molecular flexibility index (Phi) is 4.86. The molecule has 1 saturated heterocycles. The van der Waals surface area contributed by atoms with E-state index < -0.39 is 0 Å². The minimum Gasteiger partial charge on any atom is -0.378 e. The predicted octanol–water partition coefficient (Wildman–Crippen LogP) is 2.11. The zero-order valence-corrected chi connectivity index (χ0v) is 13.5. The number of hydrogen-bond donors (Lipinski definition) is 1. The number of anilines is 1. The molecule has 1 fully saturated rings. The van der Waals surface area contributed by atoms with Gasteiger partial charge < -0.3 is 15.0 Å². The molecule has 6 nitrogen and oxygen atoms in total. The molecule has 1 aromatic carbocycles. The zero-order valence-electron chi connectivity index (χ0n) is 13.5. The number of benzene rings is 1. The van der Waals surface area contributed by atoms with Gasteiger partial charge in [-0.2, -0.15) is 0 Å². The van der Waals surface area contributed by atoms with Gasteiger partial charge in [-0.3, -0.25) is 14.6 Å². The van der Waals surface area contributed by atoms with Crippen molar-refractivity contribution in [1.29, 1.82) is 0 Å². The highest BCUT2D eigenvalue weighted by molar-refractivity contribution is 6.05. The molecule has 2 aromatic rings. The molecule has 1 aliphatic heterocycles. The molecule has 2 amide bonds. The van der Waals surface area contributed by atoms with Gasteiger partial charge in [-0.25, -0.2) is 0 Å². The first kappa shape index (κ1) is 16.1. The molecule has 24 heavy (non-hydrogen) atoms. The van der Waals surface area contributed by atoms with Crippen molar-refractivity contribution in [2.24, 2.45) is 0 Å². The van der Waals surface area contributed by atoms with Crippen molar-refractivity contribution in [3.8, 4) is 0 Å². The van der Waals surface area contributed by atoms with Crippen LogP contribution in [0.5, 0.6) is 0 Å². The average molecular weight is 325 g/mol. The van der Waals surface area contributed by atoms with Crippen LogP contribution in [-0.2, 0) is 4.74 Å². The highest BCUT2D eigenvalue weighted by Crippen LogP contribution is 2.12. The molecule has 0 aliphatic carbocycles. The second-order valence-corrected chi connectivity index (χ2v) is 5.65. The van der Waals surface area contributed by atoms with Gasteiger partial charge in [-0.05, 0) is 31.2 Å². The van der Waals surface area contributed by atoms with Gasteiger partial charge >= 0.3 is 0 Å². The number of amides is 2. The van der Waals surface area contributed by atoms with Gasteiger partial charge in [0, 0.05) is 30.5 Å². The van der Waals surface area contributed by atoms with Gasteiger partial charge in [-0.1, -0.05) is 17.7 Å². The minimum atomic E-state index is -0.266. The third-order valence-corrected chi connectivity index (χ3v) is 3.85. The van der Waals surface area contributed by atoms with Crippen LogP contribution in [0.2, 0.25) is 0 Å². The van der Waals surface area contributed by atoms with Crippen molar-refractivity contribution in [2.45, 2.75) is 6.92 Å². The van der Waals surface area contributed by atoms with Crippen molar-refractivity contribution in [2.75, 3.05) is 31.6 Å². The standard InChI is InChI=1S/C18H19N3O3/c1-13-2-4-15(5-3-13)20-17(22)14-6-7-19-16(12-14)18(23)21-8-10-24-11-9-21/h2-7,12H,8-11H2,1H3,(H,20,22). The van der Waals surface area contributed by atoms with Crippen LogP contribution >= 0.6 is 0 Å². The van der Waals surface area contributed by atoms with Crippen LogP contribution in [0.15, 0.2) is 42.6 Å². The number of hydrogen-bond acceptors (Lipinski definition) is 4. The van der Waals surface area contributed by atoms with E-state index in [2.05, 4.69) is 10.3 Å². The van der Waals surface area contributed by atoms with Gasteiger partial charge in [0.2, 0.25) is 0 Å². The largest absolute Gasteiger partial charge is 0.378 e. The number of aromatic nitrogens is 1. The molecular formula is C18H19N3O3. The van der Waals surface area contributed by atoms with E-state index in [9.17, 15) is 9.59 Å². The number of pyridine rings is 1. The van der Waals surface area contributed by atoms with Gasteiger partial charge in [0.1, 0.15) is 5.69 Å². The number of carbonyl (C=O) groups is 2. The van der Waals surface area contributed by atoms with E-state index in [4.69, 9.17) is 4.74 Å². The Bertz CT molecular complexity index is 737. The first-order valence-corrected chi connectivity index (χ1v) is 7.84. The molecule has 0 bridgehead atoms. The maximum Gasteiger partial charge on any atom is 0.272 e. The lowest BCUT2D eigenvalue weighted by Gasteiger charge is -2.26. The van der Waals surface area contributed by atoms with Crippen LogP contribution in [-0.4, -0.2) is 48.0 Å². The van der Waals surface area contributed by atoms with E-state index >= 15 is 0 Å². The summed E-state index contributed by atoms with van der Waals surface area (Å²) in [4.78, 5) is 30.6. The molecule has 2 heterocycles. The lowest BCUT2D eigenvalue weighted by Crippen LogP contribution is -2.41. The number of carbonyl (C=O) groups excluding carboxylic acids is 2. The Morgan fingerprint density at radius 1 is 1.12 bits per heavy atom. The predicted molar refractivity (Wildman–Crippen MR) is 90.1 cm³/mol. The molecule has 1 N–H and O–H groups in total. The number of nitrogens with zero attached hydrogens (tertiary/aromatic N) is 2. The topological polar surface area (TPSA) is 71.5 Å². The fourth-order valence-corrected chi connectivity index (χ4v) is 2.46. The van der Waals surface area contributed by atoms with Crippen LogP contribution in [0.25, 0.3) is 0 Å². The molecule has 1 aliphatic rings. The smallest absolute Gasteiger partial charge is 0.272 e. The van der Waals surface area contributed by atoms with E-state index in [1.54, 1.807) is 11.0 Å². The molecule has 6 heteroatoms. The highest BCUT2D eigenvalue weighted by atomic mass is 16.5. The molecule has 0 unspecified atom stereocenters. The van der Waals surface area contributed by atoms with Crippen LogP contribution in [0.4, 0.5) is 5.69 Å². The van der Waals surface area contributed by atoms with Crippen molar-refractivity contribution in [3.05, 3.63) is 59.4 Å². The van der Waals surface area contributed by atoms with Crippen molar-refractivity contribution >= 4 is 17.5 Å². The number of aryl methyl sites for hydroxylation is 1. The summed E-state index contributed by atoms with van der Waals surface area (Å²) in [7, 11) is 0. The van der Waals surface area contributed by atoms with E-state index in [0.717, 1.165) is 5.56 Å². The van der Waals surface area contributed by atoms with Crippen LogP contribution < -0.4 is 5.32 Å². The van der Waals surface area contributed by atoms with Crippen LogP contribution in [0, 0.1) is 6.92 Å². The van der Waals surface area contributed by atoms with Crippen molar-refractivity contribution in [1.82, 2.24) is 9.88 Å². The molecule has 3 rings (SSSR count).